The minimum absolute atomic E-state index is 0.104. The Bertz CT molecular complexity index is 1710. The van der Waals surface area contributed by atoms with E-state index in [1.54, 1.807) is 17.0 Å². The summed E-state index contributed by atoms with van der Waals surface area (Å²) >= 11 is 0. The van der Waals surface area contributed by atoms with Gasteiger partial charge in [0.25, 0.3) is 10.0 Å². The van der Waals surface area contributed by atoms with E-state index in [0.29, 0.717) is 30.0 Å². The maximum absolute atomic E-state index is 14.1. The molecule has 8 heteroatoms. The Kier molecular flexibility index (Phi) is 9.16. The van der Waals surface area contributed by atoms with Crippen molar-refractivity contribution in [2.24, 2.45) is 5.92 Å². The Balaban J connectivity index is 1.40. The van der Waals surface area contributed by atoms with Crippen LogP contribution in [0.25, 0.3) is 10.8 Å². The van der Waals surface area contributed by atoms with Crippen LogP contribution in [-0.4, -0.2) is 44.3 Å². The number of aryl methyl sites for hydroxylation is 1. The largest absolute Gasteiger partial charge is 0.354 e. The normalized spacial score (nSPS) is 14.2. The van der Waals surface area contributed by atoms with E-state index in [1.165, 1.54) is 4.31 Å². The molecule has 7 nitrogen and oxygen atoms in total. The Morgan fingerprint density at radius 2 is 1.58 bits per heavy atom. The number of carbonyl (C=O) groups is 2. The number of hydrogen-bond donors (Lipinski definition) is 1. The topological polar surface area (TPSA) is 86.8 Å². The van der Waals surface area contributed by atoms with Gasteiger partial charge in [0, 0.05) is 37.9 Å². The van der Waals surface area contributed by atoms with Crippen LogP contribution < -0.4 is 9.62 Å². The average Bonchev–Trinajstić information content (AvgIpc) is 3.22. The third kappa shape index (κ3) is 6.59. The van der Waals surface area contributed by atoms with Gasteiger partial charge in [0.1, 0.15) is 6.04 Å². The lowest BCUT2D eigenvalue weighted by atomic mass is 10.0. The molecule has 0 fully saturated rings. The van der Waals surface area contributed by atoms with Gasteiger partial charge in [-0.05, 0) is 53.5 Å². The molecule has 4 aromatic carbocycles. The van der Waals surface area contributed by atoms with Crippen molar-refractivity contribution < 1.29 is 18.0 Å². The van der Waals surface area contributed by atoms with Gasteiger partial charge in [0.05, 0.1) is 10.6 Å². The van der Waals surface area contributed by atoms with Crippen molar-refractivity contribution in [1.82, 2.24) is 10.2 Å². The molecular formula is C35H39N3O4S. The van der Waals surface area contributed by atoms with E-state index >= 15 is 0 Å². The van der Waals surface area contributed by atoms with Crippen molar-refractivity contribution in [2.75, 3.05) is 17.4 Å². The van der Waals surface area contributed by atoms with Gasteiger partial charge in [0.2, 0.25) is 11.8 Å². The summed E-state index contributed by atoms with van der Waals surface area (Å²) in [6, 6.07) is 27.8. The summed E-state index contributed by atoms with van der Waals surface area (Å²) < 4.78 is 28.3. The van der Waals surface area contributed by atoms with Gasteiger partial charge < -0.3 is 10.2 Å². The molecule has 0 aliphatic carbocycles. The van der Waals surface area contributed by atoms with Crippen molar-refractivity contribution in [3.05, 3.63) is 108 Å². The van der Waals surface area contributed by atoms with Crippen LogP contribution in [0.1, 0.15) is 43.4 Å². The fourth-order valence-corrected chi connectivity index (χ4v) is 7.41. The highest BCUT2D eigenvalue weighted by Gasteiger charge is 2.36. The van der Waals surface area contributed by atoms with Gasteiger partial charge >= 0.3 is 0 Å². The summed E-state index contributed by atoms with van der Waals surface area (Å²) in [7, 11) is -3.71. The van der Waals surface area contributed by atoms with Crippen molar-refractivity contribution >= 4 is 38.3 Å². The van der Waals surface area contributed by atoms with Crippen LogP contribution in [0.2, 0.25) is 0 Å². The second kappa shape index (κ2) is 13.0. The van der Waals surface area contributed by atoms with Crippen LogP contribution in [0.15, 0.2) is 95.9 Å². The number of anilines is 1. The van der Waals surface area contributed by atoms with Crippen LogP contribution >= 0.6 is 0 Å². The fraction of sp³-hybridized carbons (Fsp3) is 0.314. The molecule has 0 unspecified atom stereocenters. The average molecular weight is 598 g/mol. The molecule has 1 heterocycles. The summed E-state index contributed by atoms with van der Waals surface area (Å²) in [4.78, 5) is 29.7. The number of sulfonamides is 1. The van der Waals surface area contributed by atoms with E-state index in [-0.39, 0.29) is 37.2 Å². The highest BCUT2D eigenvalue weighted by molar-refractivity contribution is 7.93. The first-order chi connectivity index (χ1) is 20.7. The highest BCUT2D eigenvalue weighted by Crippen LogP contribution is 2.42. The van der Waals surface area contributed by atoms with Gasteiger partial charge in [-0.3, -0.25) is 13.9 Å². The molecule has 0 saturated carbocycles. The number of carbonyl (C=O) groups excluding carboxylic acids is 2. The number of nitrogens with one attached hydrogen (secondary N) is 1. The van der Waals surface area contributed by atoms with E-state index in [9.17, 15) is 18.0 Å². The molecule has 5 rings (SSSR count). The Morgan fingerprint density at radius 1 is 0.884 bits per heavy atom. The molecular weight excluding hydrogens is 558 g/mol. The predicted octanol–water partition coefficient (Wildman–Crippen LogP) is 5.85. The van der Waals surface area contributed by atoms with E-state index in [2.05, 4.69) is 5.32 Å². The maximum Gasteiger partial charge on any atom is 0.265 e. The van der Waals surface area contributed by atoms with Gasteiger partial charge in [-0.2, -0.15) is 0 Å². The summed E-state index contributed by atoms with van der Waals surface area (Å²) in [5.41, 5.74) is 3.61. The smallest absolute Gasteiger partial charge is 0.265 e. The lowest BCUT2D eigenvalue weighted by Crippen LogP contribution is -2.51. The standard InChI is InChI=1S/C35H39N3O4S/c1-25(2)23-36-35(40)31(22-27-13-5-4-6-14-27)37(24-29-15-8-7-12-26(29)3)33(39)20-11-21-38-30-18-9-16-28-17-10-19-32(34(28)30)43(38,41)42/h4-10,12-19,25,31H,11,20-24H2,1-3H3,(H,36,40)/t31-/m0/s1. The number of benzene rings is 4. The Labute approximate surface area is 254 Å². The Morgan fingerprint density at radius 3 is 2.30 bits per heavy atom. The van der Waals surface area contributed by atoms with Gasteiger partial charge in [0.15, 0.2) is 0 Å². The zero-order valence-electron chi connectivity index (χ0n) is 25.0. The second-order valence-electron chi connectivity index (χ2n) is 11.6. The molecule has 4 aromatic rings. The maximum atomic E-state index is 14.1. The third-order valence-electron chi connectivity index (χ3n) is 7.99. The molecule has 2 amide bonds. The number of amides is 2. The van der Waals surface area contributed by atoms with Gasteiger partial charge in [-0.1, -0.05) is 92.7 Å². The van der Waals surface area contributed by atoms with E-state index in [1.807, 2.05) is 99.6 Å². The SMILES string of the molecule is Cc1ccccc1CN(C(=O)CCCN1c2cccc3cccc(c23)S1(=O)=O)[C@@H](Cc1ccccc1)C(=O)NCC(C)C. The Hall–Kier alpha value is -4.17. The van der Waals surface area contributed by atoms with Crippen LogP contribution in [-0.2, 0) is 32.6 Å². The first-order valence-electron chi connectivity index (χ1n) is 14.9. The minimum Gasteiger partial charge on any atom is -0.354 e. The van der Waals surface area contributed by atoms with Crippen LogP contribution in [0.5, 0.6) is 0 Å². The molecule has 1 aliphatic rings. The second-order valence-corrected chi connectivity index (χ2v) is 13.4. The molecule has 0 saturated heterocycles. The lowest BCUT2D eigenvalue weighted by Gasteiger charge is -2.32. The highest BCUT2D eigenvalue weighted by atomic mass is 32.2. The summed E-state index contributed by atoms with van der Waals surface area (Å²) in [5.74, 6) is -0.113. The zero-order valence-corrected chi connectivity index (χ0v) is 25.8. The molecule has 0 bridgehead atoms. The first-order valence-corrected chi connectivity index (χ1v) is 16.3. The lowest BCUT2D eigenvalue weighted by molar-refractivity contribution is -0.141. The molecule has 1 N–H and O–H groups in total. The van der Waals surface area contributed by atoms with E-state index in [4.69, 9.17) is 0 Å². The molecule has 0 aromatic heterocycles. The number of nitrogens with zero attached hydrogens (tertiary/aromatic N) is 2. The molecule has 0 spiro atoms. The predicted molar refractivity (Wildman–Crippen MR) is 171 cm³/mol. The van der Waals surface area contributed by atoms with Crippen LogP contribution in [0, 0.1) is 12.8 Å². The van der Waals surface area contributed by atoms with Gasteiger partial charge in [-0.15, -0.1) is 0 Å². The summed E-state index contributed by atoms with van der Waals surface area (Å²) in [6.45, 7) is 7.03. The minimum atomic E-state index is -3.71. The quantitative estimate of drug-likeness (QED) is 0.222. The monoisotopic (exact) mass is 597 g/mol. The summed E-state index contributed by atoms with van der Waals surface area (Å²) in [6.07, 6.45) is 0.797. The van der Waals surface area contributed by atoms with Crippen molar-refractivity contribution in [3.8, 4) is 0 Å². The molecule has 224 valence electrons. The van der Waals surface area contributed by atoms with Crippen LogP contribution in [0.4, 0.5) is 5.69 Å². The fourth-order valence-electron chi connectivity index (χ4n) is 5.66. The van der Waals surface area contributed by atoms with Crippen LogP contribution in [0.3, 0.4) is 0 Å². The molecule has 0 radical (unpaired) electrons. The van der Waals surface area contributed by atoms with Crippen molar-refractivity contribution in [1.29, 1.82) is 0 Å². The third-order valence-corrected chi connectivity index (χ3v) is 9.85. The van der Waals surface area contributed by atoms with Crippen molar-refractivity contribution in [3.63, 3.8) is 0 Å². The molecule has 1 atom stereocenters. The van der Waals surface area contributed by atoms with E-state index < -0.39 is 16.1 Å². The number of rotatable bonds is 12. The van der Waals surface area contributed by atoms with E-state index in [0.717, 1.165) is 27.5 Å². The zero-order chi connectivity index (χ0) is 30.6. The molecule has 1 aliphatic heterocycles. The van der Waals surface area contributed by atoms with Crippen molar-refractivity contribution in [2.45, 2.75) is 57.5 Å². The number of hydrogen-bond acceptors (Lipinski definition) is 4. The summed E-state index contributed by atoms with van der Waals surface area (Å²) in [5, 5.41) is 4.65. The molecule has 43 heavy (non-hydrogen) atoms. The van der Waals surface area contributed by atoms with Gasteiger partial charge in [-0.25, -0.2) is 8.42 Å². The first kappa shape index (κ1) is 30.3.